The van der Waals surface area contributed by atoms with Crippen molar-refractivity contribution in [2.45, 2.75) is 52.8 Å². The SMILES string of the molecule is CC(Oc1ccc2c(c1)C(c1cccc(F)c1)N(C(=O)C(C)(C)C)CC2)C(=O)NCc1cccc(F)c1. The number of benzene rings is 3. The van der Waals surface area contributed by atoms with E-state index in [2.05, 4.69) is 5.32 Å². The van der Waals surface area contributed by atoms with Crippen molar-refractivity contribution in [1.82, 2.24) is 10.2 Å². The lowest BCUT2D eigenvalue weighted by Crippen LogP contribution is -2.45. The summed E-state index contributed by atoms with van der Waals surface area (Å²) in [5.74, 6) is -0.628. The van der Waals surface area contributed by atoms with Crippen LogP contribution in [0.5, 0.6) is 5.75 Å². The first-order valence-electron chi connectivity index (χ1n) is 12.4. The summed E-state index contributed by atoms with van der Waals surface area (Å²) in [6.45, 7) is 7.95. The van der Waals surface area contributed by atoms with Crippen LogP contribution in [0, 0.1) is 17.0 Å². The molecule has 0 aromatic heterocycles. The molecule has 194 valence electrons. The lowest BCUT2D eigenvalue weighted by atomic mass is 9.85. The van der Waals surface area contributed by atoms with Crippen molar-refractivity contribution in [1.29, 1.82) is 0 Å². The summed E-state index contributed by atoms with van der Waals surface area (Å²) in [5.41, 5.74) is 2.61. The van der Waals surface area contributed by atoms with E-state index < -0.39 is 17.6 Å². The van der Waals surface area contributed by atoms with Crippen molar-refractivity contribution in [3.63, 3.8) is 0 Å². The van der Waals surface area contributed by atoms with Gasteiger partial charge in [0.05, 0.1) is 6.04 Å². The molecule has 1 aliphatic rings. The van der Waals surface area contributed by atoms with E-state index in [0.717, 1.165) is 11.1 Å². The minimum Gasteiger partial charge on any atom is -0.481 e. The van der Waals surface area contributed by atoms with Crippen LogP contribution in [0.1, 0.15) is 56.0 Å². The van der Waals surface area contributed by atoms with Crippen molar-refractivity contribution in [2.24, 2.45) is 5.41 Å². The molecular formula is C30H32F2N2O3. The number of hydrogen-bond donors (Lipinski definition) is 1. The number of carbonyl (C=O) groups is 2. The molecule has 2 amide bonds. The largest absolute Gasteiger partial charge is 0.481 e. The van der Waals surface area contributed by atoms with Crippen molar-refractivity contribution in [2.75, 3.05) is 6.54 Å². The third-order valence-corrected chi connectivity index (χ3v) is 6.45. The molecule has 5 nitrogen and oxygen atoms in total. The lowest BCUT2D eigenvalue weighted by molar-refractivity contribution is -0.141. The second-order valence-electron chi connectivity index (χ2n) is 10.4. The van der Waals surface area contributed by atoms with Crippen LogP contribution in [0.4, 0.5) is 8.78 Å². The van der Waals surface area contributed by atoms with Crippen LogP contribution in [-0.4, -0.2) is 29.4 Å². The fourth-order valence-electron chi connectivity index (χ4n) is 4.59. The van der Waals surface area contributed by atoms with E-state index in [1.807, 2.05) is 39.0 Å². The lowest BCUT2D eigenvalue weighted by Gasteiger charge is -2.41. The zero-order valence-electron chi connectivity index (χ0n) is 21.6. The molecule has 1 N–H and O–H groups in total. The second kappa shape index (κ2) is 10.7. The van der Waals surface area contributed by atoms with Crippen molar-refractivity contribution in [3.05, 3.63) is 101 Å². The van der Waals surface area contributed by atoms with E-state index in [-0.39, 0.29) is 30.0 Å². The molecule has 1 aliphatic heterocycles. The van der Waals surface area contributed by atoms with Gasteiger partial charge in [0.1, 0.15) is 17.4 Å². The summed E-state index contributed by atoms with van der Waals surface area (Å²) in [5, 5.41) is 2.76. The summed E-state index contributed by atoms with van der Waals surface area (Å²) in [4.78, 5) is 27.8. The number of amides is 2. The molecule has 4 rings (SSSR count). The molecule has 37 heavy (non-hydrogen) atoms. The van der Waals surface area contributed by atoms with E-state index in [1.54, 1.807) is 36.1 Å². The van der Waals surface area contributed by atoms with E-state index in [0.29, 0.717) is 29.8 Å². The van der Waals surface area contributed by atoms with Gasteiger partial charge in [0.2, 0.25) is 5.91 Å². The molecule has 2 unspecified atom stereocenters. The highest BCUT2D eigenvalue weighted by atomic mass is 19.1. The Balaban J connectivity index is 1.58. The Bertz CT molecular complexity index is 1300. The maximum atomic E-state index is 14.2. The molecule has 0 radical (unpaired) electrons. The molecule has 0 aliphatic carbocycles. The first-order chi connectivity index (χ1) is 17.5. The van der Waals surface area contributed by atoms with Gasteiger partial charge in [0.25, 0.3) is 5.91 Å². The Hall–Kier alpha value is -3.74. The molecule has 0 saturated carbocycles. The summed E-state index contributed by atoms with van der Waals surface area (Å²) >= 11 is 0. The summed E-state index contributed by atoms with van der Waals surface area (Å²) in [7, 11) is 0. The number of hydrogen-bond acceptors (Lipinski definition) is 3. The van der Waals surface area contributed by atoms with Crippen molar-refractivity contribution < 1.29 is 23.1 Å². The average molecular weight is 507 g/mol. The van der Waals surface area contributed by atoms with Gasteiger partial charge in [0.15, 0.2) is 6.10 Å². The molecule has 7 heteroatoms. The van der Waals surface area contributed by atoms with Gasteiger partial charge in [-0.05, 0) is 72.0 Å². The van der Waals surface area contributed by atoms with Gasteiger partial charge in [-0.25, -0.2) is 8.78 Å². The Kier molecular flexibility index (Phi) is 7.62. The van der Waals surface area contributed by atoms with Gasteiger partial charge >= 0.3 is 0 Å². The van der Waals surface area contributed by atoms with Crippen LogP contribution in [0.15, 0.2) is 66.7 Å². The van der Waals surface area contributed by atoms with Crippen molar-refractivity contribution in [3.8, 4) is 5.75 Å². The van der Waals surface area contributed by atoms with Crippen molar-refractivity contribution >= 4 is 11.8 Å². The van der Waals surface area contributed by atoms with Gasteiger partial charge in [0, 0.05) is 18.5 Å². The molecule has 2 atom stereocenters. The molecule has 0 fully saturated rings. The number of carbonyl (C=O) groups excluding carboxylic acids is 2. The summed E-state index contributed by atoms with van der Waals surface area (Å²) < 4.78 is 33.6. The Labute approximate surface area is 216 Å². The molecular weight excluding hydrogens is 474 g/mol. The molecule has 0 saturated heterocycles. The van der Waals surface area contributed by atoms with Gasteiger partial charge in [-0.3, -0.25) is 9.59 Å². The predicted molar refractivity (Wildman–Crippen MR) is 138 cm³/mol. The van der Waals surface area contributed by atoms with Gasteiger partial charge in [-0.2, -0.15) is 0 Å². The number of nitrogens with one attached hydrogen (secondary N) is 1. The zero-order valence-corrected chi connectivity index (χ0v) is 21.6. The first kappa shape index (κ1) is 26.3. The maximum Gasteiger partial charge on any atom is 0.261 e. The van der Waals surface area contributed by atoms with Crippen LogP contribution in [-0.2, 0) is 22.6 Å². The summed E-state index contributed by atoms with van der Waals surface area (Å²) in [6, 6.07) is 17.4. The number of rotatable bonds is 6. The second-order valence-corrected chi connectivity index (χ2v) is 10.4. The van der Waals surface area contributed by atoms with E-state index in [4.69, 9.17) is 4.74 Å². The highest BCUT2D eigenvalue weighted by molar-refractivity contribution is 5.83. The molecule has 3 aromatic rings. The average Bonchev–Trinajstić information content (AvgIpc) is 2.85. The molecule has 0 spiro atoms. The molecule has 1 heterocycles. The number of nitrogens with zero attached hydrogens (tertiary/aromatic N) is 1. The third-order valence-electron chi connectivity index (χ3n) is 6.45. The summed E-state index contributed by atoms with van der Waals surface area (Å²) in [6.07, 6.45) is -0.150. The van der Waals surface area contributed by atoms with Crippen LogP contribution in [0.25, 0.3) is 0 Å². The number of halogens is 2. The topological polar surface area (TPSA) is 58.6 Å². The quantitative estimate of drug-likeness (QED) is 0.476. The predicted octanol–water partition coefficient (Wildman–Crippen LogP) is 5.57. The highest BCUT2D eigenvalue weighted by Crippen LogP contribution is 2.39. The highest BCUT2D eigenvalue weighted by Gasteiger charge is 2.37. The van der Waals surface area contributed by atoms with E-state index >= 15 is 0 Å². The monoisotopic (exact) mass is 506 g/mol. The zero-order chi connectivity index (χ0) is 26.7. The fourth-order valence-corrected chi connectivity index (χ4v) is 4.59. The standard InChI is InChI=1S/C30H32F2N2O3/c1-19(28(35)33-18-20-7-5-9-23(31)15-20)37-25-12-11-21-13-14-34(29(36)30(2,3)4)27(26(21)17-25)22-8-6-10-24(32)16-22/h5-12,15-17,19,27H,13-14,18H2,1-4H3,(H,33,35). The Morgan fingerprint density at radius 2 is 1.73 bits per heavy atom. The Morgan fingerprint density at radius 3 is 2.41 bits per heavy atom. The minimum atomic E-state index is -0.810. The number of fused-ring (bicyclic) bond motifs is 1. The normalized spacial score (nSPS) is 16.1. The molecule has 0 bridgehead atoms. The van der Waals surface area contributed by atoms with Gasteiger partial charge in [-0.1, -0.05) is 51.1 Å². The van der Waals surface area contributed by atoms with Crippen LogP contribution in [0.3, 0.4) is 0 Å². The first-order valence-corrected chi connectivity index (χ1v) is 12.4. The van der Waals surface area contributed by atoms with Crippen LogP contribution >= 0.6 is 0 Å². The van der Waals surface area contributed by atoms with Crippen LogP contribution in [0.2, 0.25) is 0 Å². The van der Waals surface area contributed by atoms with Gasteiger partial charge in [-0.15, -0.1) is 0 Å². The maximum absolute atomic E-state index is 14.2. The Morgan fingerprint density at radius 1 is 1.03 bits per heavy atom. The van der Waals surface area contributed by atoms with Crippen LogP contribution < -0.4 is 10.1 Å². The minimum absolute atomic E-state index is 0.0242. The fraction of sp³-hybridized carbons (Fsp3) is 0.333. The smallest absolute Gasteiger partial charge is 0.261 e. The number of ether oxygens (including phenoxy) is 1. The van der Waals surface area contributed by atoms with E-state index in [1.165, 1.54) is 24.3 Å². The third kappa shape index (κ3) is 6.16. The van der Waals surface area contributed by atoms with Gasteiger partial charge < -0.3 is 15.0 Å². The molecule has 3 aromatic carbocycles. The van der Waals surface area contributed by atoms with E-state index in [9.17, 15) is 18.4 Å².